The number of ether oxygens (including phenoxy) is 2. The molecular weight excluding hydrogens is 368 g/mol. The molecule has 0 unspecified atom stereocenters. The Bertz CT molecular complexity index is 815. The Kier molecular flexibility index (Phi) is 7.92. The lowest BCUT2D eigenvalue weighted by molar-refractivity contribution is -0.219. The molecule has 1 aliphatic rings. The Labute approximate surface area is 159 Å². The van der Waals surface area contributed by atoms with Crippen LogP contribution in [-0.4, -0.2) is 43.0 Å². The summed E-state index contributed by atoms with van der Waals surface area (Å²) in [5.74, 6) is -0.409. The number of azide groups is 3. The highest BCUT2D eigenvalue weighted by molar-refractivity contribution is 5.73. The molecule has 0 aromatic heterocycles. The van der Waals surface area contributed by atoms with Gasteiger partial charge in [-0.2, -0.15) is 0 Å². The first-order chi connectivity index (χ1) is 13.6. The van der Waals surface area contributed by atoms with Crippen LogP contribution in [0.1, 0.15) is 12.5 Å². The van der Waals surface area contributed by atoms with Gasteiger partial charge >= 0.3 is 0 Å². The molecule has 0 aliphatic carbocycles. The highest BCUT2D eigenvalue weighted by Gasteiger charge is 2.46. The summed E-state index contributed by atoms with van der Waals surface area (Å²) in [5.41, 5.74) is 27.3. The minimum atomic E-state index is -1.02. The maximum Gasteiger partial charge on any atom is 0.217 e. The van der Waals surface area contributed by atoms with Gasteiger partial charge in [0.05, 0.1) is 37.4 Å². The lowest BCUT2D eigenvalue weighted by Crippen LogP contribution is -2.63. The first kappa shape index (κ1) is 20.8. The molecule has 28 heavy (non-hydrogen) atoms. The molecule has 1 aliphatic heterocycles. The van der Waals surface area contributed by atoms with Crippen molar-refractivity contribution in [2.75, 3.05) is 6.54 Å². The molecule has 13 heteroatoms. The summed E-state index contributed by atoms with van der Waals surface area (Å²) < 4.78 is 11.6. The molecule has 0 spiro atoms. The number of hydrogen-bond donors (Lipinski definition) is 1. The van der Waals surface area contributed by atoms with E-state index in [0.29, 0.717) is 0 Å². The van der Waals surface area contributed by atoms with Crippen LogP contribution < -0.4 is 5.32 Å². The van der Waals surface area contributed by atoms with Crippen molar-refractivity contribution in [3.8, 4) is 0 Å². The molecule has 1 amide bonds. The standard InChI is InChI=1S/C15H18N10O3/c1-9(26)20-14-13(22-25-18)12(21-24-17)11(7-19-23-16)28-15(14)27-8-10-5-3-2-4-6-10/h2-6,11-15H,7-8H2,1H3,(H,20,26)/t11-,12-,13-,14+,15-/m1/s1. The highest BCUT2D eigenvalue weighted by atomic mass is 16.7. The van der Waals surface area contributed by atoms with E-state index in [4.69, 9.17) is 26.1 Å². The zero-order valence-corrected chi connectivity index (χ0v) is 14.9. The van der Waals surface area contributed by atoms with Crippen molar-refractivity contribution in [2.24, 2.45) is 15.3 Å². The average molecular weight is 386 g/mol. The summed E-state index contributed by atoms with van der Waals surface area (Å²) >= 11 is 0. The Morgan fingerprint density at radius 3 is 2.43 bits per heavy atom. The molecule has 1 N–H and O–H groups in total. The van der Waals surface area contributed by atoms with Gasteiger partial charge in [0.15, 0.2) is 6.29 Å². The van der Waals surface area contributed by atoms with Crippen LogP contribution >= 0.6 is 0 Å². The molecule has 1 fully saturated rings. The molecule has 5 atom stereocenters. The molecule has 0 bridgehead atoms. The number of rotatable bonds is 8. The van der Waals surface area contributed by atoms with Crippen molar-refractivity contribution in [3.05, 3.63) is 67.2 Å². The number of nitrogens with zero attached hydrogens (tertiary/aromatic N) is 9. The fourth-order valence-corrected chi connectivity index (χ4v) is 2.88. The molecule has 1 saturated heterocycles. The molecule has 146 valence electrons. The molecular formula is C15H18N10O3. The summed E-state index contributed by atoms with van der Waals surface area (Å²) in [5, 5.41) is 13.4. The summed E-state index contributed by atoms with van der Waals surface area (Å²) in [7, 11) is 0. The Morgan fingerprint density at radius 1 is 1.14 bits per heavy atom. The van der Waals surface area contributed by atoms with Crippen LogP contribution in [0.3, 0.4) is 0 Å². The van der Waals surface area contributed by atoms with E-state index in [-0.39, 0.29) is 13.2 Å². The van der Waals surface area contributed by atoms with Crippen LogP contribution in [0.15, 0.2) is 45.7 Å². The summed E-state index contributed by atoms with van der Waals surface area (Å²) in [6.45, 7) is 1.27. The molecule has 1 aromatic carbocycles. The minimum Gasteiger partial charge on any atom is -0.348 e. The third-order valence-electron chi connectivity index (χ3n) is 4.02. The van der Waals surface area contributed by atoms with Gasteiger partial charge in [-0.05, 0) is 22.2 Å². The van der Waals surface area contributed by atoms with E-state index in [2.05, 4.69) is 35.4 Å². The number of nitrogens with one attached hydrogen (secondary N) is 1. The van der Waals surface area contributed by atoms with E-state index in [9.17, 15) is 4.79 Å². The molecule has 2 rings (SSSR count). The maximum absolute atomic E-state index is 11.7. The topological polar surface area (TPSA) is 194 Å². The Hall–Kier alpha value is -3.46. The number of benzene rings is 1. The van der Waals surface area contributed by atoms with Gasteiger partial charge in [0.25, 0.3) is 0 Å². The molecule has 0 saturated carbocycles. The van der Waals surface area contributed by atoms with E-state index in [1.54, 1.807) is 0 Å². The quantitative estimate of drug-likeness (QED) is 0.408. The summed E-state index contributed by atoms with van der Waals surface area (Å²) in [4.78, 5) is 19.9. The highest BCUT2D eigenvalue weighted by Crippen LogP contribution is 2.28. The second-order valence-corrected chi connectivity index (χ2v) is 5.87. The van der Waals surface area contributed by atoms with Gasteiger partial charge in [0, 0.05) is 21.7 Å². The number of amides is 1. The fourth-order valence-electron chi connectivity index (χ4n) is 2.88. The van der Waals surface area contributed by atoms with Crippen molar-refractivity contribution in [1.29, 1.82) is 0 Å². The monoisotopic (exact) mass is 386 g/mol. The van der Waals surface area contributed by atoms with Crippen molar-refractivity contribution < 1.29 is 14.3 Å². The minimum absolute atomic E-state index is 0.158. The predicted molar refractivity (Wildman–Crippen MR) is 97.4 cm³/mol. The third kappa shape index (κ3) is 5.52. The van der Waals surface area contributed by atoms with Gasteiger partial charge in [-0.25, -0.2) is 0 Å². The van der Waals surface area contributed by atoms with Crippen LogP contribution in [-0.2, 0) is 20.9 Å². The van der Waals surface area contributed by atoms with Crippen LogP contribution in [0.5, 0.6) is 0 Å². The first-order valence-electron chi connectivity index (χ1n) is 8.28. The molecule has 0 radical (unpaired) electrons. The second kappa shape index (κ2) is 10.6. The van der Waals surface area contributed by atoms with Crippen LogP contribution in [0.4, 0.5) is 0 Å². The summed E-state index contributed by atoms with van der Waals surface area (Å²) in [6.07, 6.45) is -1.92. The van der Waals surface area contributed by atoms with E-state index < -0.39 is 36.4 Å². The zero-order valence-electron chi connectivity index (χ0n) is 14.9. The van der Waals surface area contributed by atoms with E-state index in [1.807, 2.05) is 30.3 Å². The van der Waals surface area contributed by atoms with Crippen molar-refractivity contribution in [1.82, 2.24) is 5.32 Å². The normalized spacial score (nSPS) is 26.1. The zero-order chi connectivity index (χ0) is 20.4. The van der Waals surface area contributed by atoms with Gasteiger partial charge in [0.1, 0.15) is 0 Å². The van der Waals surface area contributed by atoms with Crippen molar-refractivity contribution >= 4 is 5.91 Å². The number of carbonyl (C=O) groups is 1. The Morgan fingerprint density at radius 2 is 1.82 bits per heavy atom. The number of carbonyl (C=O) groups excluding carboxylic acids is 1. The van der Waals surface area contributed by atoms with Gasteiger partial charge in [-0.15, -0.1) is 0 Å². The average Bonchev–Trinajstić information content (AvgIpc) is 2.69. The molecule has 1 aromatic rings. The largest absolute Gasteiger partial charge is 0.348 e. The van der Waals surface area contributed by atoms with E-state index >= 15 is 0 Å². The fraction of sp³-hybridized carbons (Fsp3) is 0.533. The van der Waals surface area contributed by atoms with Gasteiger partial charge in [-0.1, -0.05) is 45.7 Å². The number of hydrogen-bond acceptors (Lipinski definition) is 6. The van der Waals surface area contributed by atoms with E-state index in [1.165, 1.54) is 6.92 Å². The van der Waals surface area contributed by atoms with Crippen molar-refractivity contribution in [3.63, 3.8) is 0 Å². The third-order valence-corrected chi connectivity index (χ3v) is 4.02. The first-order valence-corrected chi connectivity index (χ1v) is 8.28. The lowest BCUT2D eigenvalue weighted by atomic mass is 9.92. The van der Waals surface area contributed by atoms with E-state index in [0.717, 1.165) is 5.56 Å². The second-order valence-electron chi connectivity index (χ2n) is 5.87. The van der Waals surface area contributed by atoms with Gasteiger partial charge < -0.3 is 14.8 Å². The molecule has 1 heterocycles. The van der Waals surface area contributed by atoms with Crippen LogP contribution in [0.25, 0.3) is 31.3 Å². The lowest BCUT2D eigenvalue weighted by Gasteiger charge is -2.43. The SMILES string of the molecule is CC(=O)N[C@@H]1[C@H](OCc2ccccc2)O[C@H](CN=[N+]=[N-])[C@@H](N=[N+]=[N-])[C@H]1N=[N+]=[N-]. The Balaban J connectivity index is 2.34. The predicted octanol–water partition coefficient (Wildman–Crippen LogP) is 3.10. The van der Waals surface area contributed by atoms with Gasteiger partial charge in [-0.3, -0.25) is 4.79 Å². The smallest absolute Gasteiger partial charge is 0.217 e. The van der Waals surface area contributed by atoms with Crippen LogP contribution in [0, 0.1) is 0 Å². The summed E-state index contributed by atoms with van der Waals surface area (Å²) in [6, 6.07) is 6.34. The maximum atomic E-state index is 11.7. The van der Waals surface area contributed by atoms with Gasteiger partial charge in [0.2, 0.25) is 5.91 Å². The van der Waals surface area contributed by atoms with Crippen molar-refractivity contribution in [2.45, 2.75) is 44.1 Å². The molecule has 13 nitrogen and oxygen atoms in total. The van der Waals surface area contributed by atoms with Crippen LogP contribution in [0.2, 0.25) is 0 Å².